The molecule has 2 rings (SSSR count). The largest absolute Gasteiger partial charge is 0.324 e. The van der Waals surface area contributed by atoms with Crippen molar-refractivity contribution in [3.63, 3.8) is 0 Å². The van der Waals surface area contributed by atoms with E-state index in [1.54, 1.807) is 10.9 Å². The van der Waals surface area contributed by atoms with Crippen LogP contribution in [0, 0.1) is 0 Å². The summed E-state index contributed by atoms with van der Waals surface area (Å²) in [6, 6.07) is 22.9. The van der Waals surface area contributed by atoms with Crippen LogP contribution in [0.15, 0.2) is 60.7 Å². The van der Waals surface area contributed by atoms with Gasteiger partial charge in [-0.2, -0.15) is 12.6 Å². The topological polar surface area (TPSA) is 0 Å². The van der Waals surface area contributed by atoms with Crippen molar-refractivity contribution in [2.24, 2.45) is 0 Å². The predicted octanol–water partition coefficient (Wildman–Crippen LogP) is 19.2. The highest BCUT2D eigenvalue weighted by Gasteiger charge is 2.28. The van der Waals surface area contributed by atoms with Gasteiger partial charge in [-0.05, 0) is 51.4 Å². The molecule has 0 radical (unpaired) electrons. The summed E-state index contributed by atoms with van der Waals surface area (Å²) in [4.78, 5) is 0. The van der Waals surface area contributed by atoms with Crippen LogP contribution in [0.1, 0.15) is 273 Å². The maximum absolute atomic E-state index is 2.40. The zero-order valence-corrected chi connectivity index (χ0v) is 43.5. The van der Waals surface area contributed by atoms with Crippen LogP contribution in [-0.4, -0.2) is 36.8 Å². The van der Waals surface area contributed by atoms with Crippen LogP contribution in [0.3, 0.4) is 0 Å². The van der Waals surface area contributed by atoms with Crippen molar-refractivity contribution in [2.45, 2.75) is 285 Å². The van der Waals surface area contributed by atoms with Gasteiger partial charge in [0.1, 0.15) is 0 Å². The number of quaternary nitrogens is 1. The molecule has 0 fully saturated rings. The summed E-state index contributed by atoms with van der Waals surface area (Å²) in [6.45, 7) is 19.9. The number of benzene rings is 2. The number of unbranched alkanes of at least 4 members (excludes halogenated alkanes) is 30. The normalized spacial score (nSPS) is 11.8. The average Bonchev–Trinajstić information content (AvgIpc) is 3.30. The Kier molecular flexibility index (Phi) is 40.9. The fourth-order valence-corrected chi connectivity index (χ4v) is 10.8. The Morgan fingerprint density at radius 1 is 0.258 bits per heavy atom. The Hall–Kier alpha value is -1.54. The Morgan fingerprint density at radius 3 is 0.710 bits per heavy atom. The second-order valence-electron chi connectivity index (χ2n) is 20.5. The van der Waals surface area contributed by atoms with E-state index >= 15 is 0 Å². The molecule has 0 saturated carbocycles. The molecule has 0 saturated heterocycles. The number of hydrogen-bond donors (Lipinski definition) is 0. The van der Waals surface area contributed by atoms with Gasteiger partial charge in [-0.3, -0.25) is 0 Å². The van der Waals surface area contributed by atoms with Gasteiger partial charge in [-0.15, -0.1) is 0 Å². The van der Waals surface area contributed by atoms with E-state index in [1.807, 2.05) is 0 Å². The van der Waals surface area contributed by atoms with E-state index in [1.165, 1.54) is 274 Å². The van der Waals surface area contributed by atoms with Crippen LogP contribution in [0.5, 0.6) is 0 Å². The van der Waals surface area contributed by atoms with E-state index in [4.69, 9.17) is 0 Å². The van der Waals surface area contributed by atoms with Crippen LogP contribution >= 0.6 is 0 Å². The standard InChI is InChI=1S/C32H68N.C28H44B/c1-5-9-13-17-21-25-29-33(30-26-22-18-14-10-6-2,31-27-23-19-15-11-7-3)32-28-24-20-16-12-8-4;1-3-5-7-9-11-19-25-29(27-21-15-13-16-22-27,28-23-17-14-18-24-28)26-20-12-10-8-6-4-2/h5-32H2,1-4H3;13-18,21-24H,3-12,19-20,25-26H2,1-2H3/q+1;-1. The molecule has 0 aliphatic rings. The smallest absolute Gasteiger partial charge is 0.0786 e. The molecule has 0 spiro atoms. The molecule has 62 heavy (non-hydrogen) atoms. The third kappa shape index (κ3) is 29.8. The van der Waals surface area contributed by atoms with Gasteiger partial charge >= 0.3 is 0 Å². The summed E-state index contributed by atoms with van der Waals surface area (Å²) in [5, 5.41) is 0. The second-order valence-corrected chi connectivity index (χ2v) is 20.5. The minimum atomic E-state index is -0.660. The van der Waals surface area contributed by atoms with Crippen molar-refractivity contribution in [2.75, 3.05) is 26.2 Å². The molecular formula is C60H112BN. The van der Waals surface area contributed by atoms with Crippen molar-refractivity contribution in [3.05, 3.63) is 60.7 Å². The summed E-state index contributed by atoms with van der Waals surface area (Å²) in [7, 11) is 0. The van der Waals surface area contributed by atoms with Gasteiger partial charge in [0.2, 0.25) is 0 Å². The lowest BCUT2D eigenvalue weighted by Gasteiger charge is -2.42. The molecule has 0 atom stereocenters. The predicted molar refractivity (Wildman–Crippen MR) is 288 cm³/mol. The van der Waals surface area contributed by atoms with Crippen LogP contribution in [-0.2, 0) is 0 Å². The summed E-state index contributed by atoms with van der Waals surface area (Å²) in [5.74, 6) is 0. The van der Waals surface area contributed by atoms with E-state index in [-0.39, 0.29) is 0 Å². The number of rotatable bonds is 44. The van der Waals surface area contributed by atoms with Crippen LogP contribution < -0.4 is 10.9 Å². The van der Waals surface area contributed by atoms with E-state index in [0.29, 0.717) is 0 Å². The molecule has 0 bridgehead atoms. The first kappa shape index (κ1) is 58.5. The summed E-state index contributed by atoms with van der Waals surface area (Å²) in [6.07, 6.45) is 53.4. The molecule has 2 aromatic carbocycles. The van der Waals surface area contributed by atoms with E-state index < -0.39 is 6.15 Å². The second kappa shape index (κ2) is 43.4. The summed E-state index contributed by atoms with van der Waals surface area (Å²) >= 11 is 0. The molecule has 360 valence electrons. The van der Waals surface area contributed by atoms with Crippen molar-refractivity contribution < 1.29 is 4.48 Å². The summed E-state index contributed by atoms with van der Waals surface area (Å²) < 4.78 is 1.48. The zero-order chi connectivity index (χ0) is 44.9. The average molecular weight is 858 g/mol. The Labute approximate surface area is 392 Å². The quantitative estimate of drug-likeness (QED) is 0.0354. The molecule has 2 aromatic rings. The van der Waals surface area contributed by atoms with Gasteiger partial charge in [0.25, 0.3) is 0 Å². The minimum absolute atomic E-state index is 0.660. The van der Waals surface area contributed by atoms with E-state index in [0.717, 1.165) is 0 Å². The van der Waals surface area contributed by atoms with Gasteiger partial charge in [0.15, 0.2) is 0 Å². The number of nitrogens with zero attached hydrogens (tertiary/aromatic N) is 1. The monoisotopic (exact) mass is 858 g/mol. The highest BCUT2D eigenvalue weighted by atomic mass is 15.3. The molecule has 0 amide bonds. The van der Waals surface area contributed by atoms with Crippen molar-refractivity contribution in [1.29, 1.82) is 0 Å². The Balaban J connectivity index is 0.000000624. The maximum Gasteiger partial charge on any atom is 0.0786 e. The molecule has 1 nitrogen and oxygen atoms in total. The fraction of sp³-hybridized carbons (Fsp3) is 0.800. The Morgan fingerprint density at radius 2 is 0.468 bits per heavy atom. The van der Waals surface area contributed by atoms with E-state index in [9.17, 15) is 0 Å². The fourth-order valence-electron chi connectivity index (χ4n) is 10.8. The highest BCUT2D eigenvalue weighted by Crippen LogP contribution is 2.25. The van der Waals surface area contributed by atoms with Gasteiger partial charge in [0.05, 0.1) is 32.3 Å². The van der Waals surface area contributed by atoms with Gasteiger partial charge < -0.3 is 4.48 Å². The Bertz CT molecular complexity index is 1020. The lowest BCUT2D eigenvalue weighted by molar-refractivity contribution is -0.929. The van der Waals surface area contributed by atoms with Crippen molar-refractivity contribution >= 4 is 17.1 Å². The molecule has 2 heteroatoms. The van der Waals surface area contributed by atoms with Gasteiger partial charge in [-0.25, -0.2) is 10.9 Å². The van der Waals surface area contributed by atoms with Crippen molar-refractivity contribution in [1.82, 2.24) is 0 Å². The molecule has 0 N–H and O–H groups in total. The zero-order valence-electron chi connectivity index (χ0n) is 43.5. The lowest BCUT2D eigenvalue weighted by atomic mass is 9.15. The lowest BCUT2D eigenvalue weighted by Crippen LogP contribution is -2.58. The van der Waals surface area contributed by atoms with Crippen LogP contribution in [0.2, 0.25) is 12.6 Å². The van der Waals surface area contributed by atoms with E-state index in [2.05, 4.69) is 102 Å². The first-order valence-electron chi connectivity index (χ1n) is 28.7. The summed E-state index contributed by atoms with van der Waals surface area (Å²) in [5.41, 5.74) is 3.17. The maximum atomic E-state index is 2.40. The molecular weight excluding hydrogens is 745 g/mol. The third-order valence-electron chi connectivity index (χ3n) is 14.9. The van der Waals surface area contributed by atoms with Crippen molar-refractivity contribution in [3.8, 4) is 0 Å². The molecule has 0 aromatic heterocycles. The van der Waals surface area contributed by atoms with Crippen LogP contribution in [0.4, 0.5) is 0 Å². The number of hydrogen-bond acceptors (Lipinski definition) is 0. The highest BCUT2D eigenvalue weighted by molar-refractivity contribution is 7.02. The molecule has 0 heterocycles. The minimum Gasteiger partial charge on any atom is -0.324 e. The van der Waals surface area contributed by atoms with Crippen LogP contribution in [0.25, 0.3) is 0 Å². The molecule has 0 aliphatic heterocycles. The first-order valence-corrected chi connectivity index (χ1v) is 28.7. The van der Waals surface area contributed by atoms with Gasteiger partial charge in [-0.1, -0.05) is 282 Å². The molecule has 0 unspecified atom stereocenters. The first-order chi connectivity index (χ1) is 30.6. The third-order valence-corrected chi connectivity index (χ3v) is 14.9. The molecule has 0 aliphatic carbocycles. The SMILES string of the molecule is CCCCCCCC[B-](CCCCCCCC)(c1ccccc1)c1ccccc1.CCCCCCCC[N+](CCCCCCCC)(CCCCCCCC)CCCCCCCC. The van der Waals surface area contributed by atoms with Gasteiger partial charge in [0, 0.05) is 0 Å².